The summed E-state index contributed by atoms with van der Waals surface area (Å²) in [6, 6.07) is 20.2. The summed E-state index contributed by atoms with van der Waals surface area (Å²) >= 11 is -1.43. The molecule has 4 rings (SSSR count). The zero-order chi connectivity index (χ0) is 23.2. The lowest BCUT2D eigenvalue weighted by Gasteiger charge is -2.47. The van der Waals surface area contributed by atoms with Crippen molar-refractivity contribution >= 4 is 17.5 Å². The third-order valence-electron chi connectivity index (χ3n) is 7.01. The molecule has 2 fully saturated rings. The fourth-order valence-corrected chi connectivity index (χ4v) is 7.39. The Kier molecular flexibility index (Phi) is 8.61. The Bertz CT molecular complexity index is 811. The minimum atomic E-state index is -1.43. The fraction of sp³-hybridized carbons (Fsp3) is 0.519. The molecule has 0 radical (unpaired) electrons. The summed E-state index contributed by atoms with van der Waals surface area (Å²) in [6.45, 7) is 8.93. The molecule has 2 aliphatic heterocycles. The van der Waals surface area contributed by atoms with E-state index in [9.17, 15) is 9.35 Å². The molecule has 2 aromatic rings. The van der Waals surface area contributed by atoms with Crippen LogP contribution in [0.5, 0.6) is 0 Å². The maximum atomic E-state index is 14.1. The Labute approximate surface area is 201 Å². The Balaban J connectivity index is 1.53. The lowest BCUT2D eigenvalue weighted by Crippen LogP contribution is -2.62. The largest absolute Gasteiger partial charge is 0.614 e. The molecule has 2 aromatic carbocycles. The van der Waals surface area contributed by atoms with Gasteiger partial charge in [0.2, 0.25) is 5.37 Å². The molecule has 4 atom stereocenters. The topological polar surface area (TPSA) is 55.8 Å². The Morgan fingerprint density at radius 1 is 0.970 bits per heavy atom. The second kappa shape index (κ2) is 11.6. The second-order valence-electron chi connectivity index (χ2n) is 9.48. The number of carbonyl (C=O) groups is 1. The minimum absolute atomic E-state index is 0.153. The van der Waals surface area contributed by atoms with E-state index in [-0.39, 0.29) is 17.3 Å². The van der Waals surface area contributed by atoms with E-state index in [1.165, 1.54) is 0 Å². The molecule has 2 aliphatic rings. The van der Waals surface area contributed by atoms with Crippen molar-refractivity contribution in [3.63, 3.8) is 0 Å². The van der Waals surface area contributed by atoms with Gasteiger partial charge in [0.25, 0.3) is 0 Å². The van der Waals surface area contributed by atoms with Crippen molar-refractivity contribution < 1.29 is 14.1 Å². The van der Waals surface area contributed by atoms with Crippen LogP contribution in [0.2, 0.25) is 0 Å². The van der Waals surface area contributed by atoms with E-state index < -0.39 is 16.5 Å². The van der Waals surface area contributed by atoms with Gasteiger partial charge in [0, 0.05) is 56.1 Å². The van der Waals surface area contributed by atoms with Crippen LogP contribution in [0.3, 0.4) is 0 Å². The first-order valence-electron chi connectivity index (χ1n) is 12.1. The smallest absolute Gasteiger partial charge is 0.227 e. The standard InChI is InChI=1S/C27H36N2O3S/c1-21-17-28(19-23-13-15-32-16-14-23)18-22(2)29(21)26(20-30)33(31)27(24-9-5-3-6-10-24)25-11-7-4-8-12-25/h3-12,20-23,26-27H,13-19H2,1-2H3. The average molecular weight is 469 g/mol. The van der Waals surface area contributed by atoms with E-state index in [1.54, 1.807) is 0 Å². The Morgan fingerprint density at radius 2 is 1.48 bits per heavy atom. The summed E-state index contributed by atoms with van der Waals surface area (Å²) in [6.07, 6.45) is 3.16. The average Bonchev–Trinajstić information content (AvgIpc) is 2.83. The summed E-state index contributed by atoms with van der Waals surface area (Å²) in [4.78, 5) is 17.2. The molecule has 4 unspecified atom stereocenters. The van der Waals surface area contributed by atoms with E-state index >= 15 is 0 Å². The second-order valence-corrected chi connectivity index (χ2v) is 11.1. The van der Waals surface area contributed by atoms with Crippen molar-refractivity contribution in [1.29, 1.82) is 0 Å². The Morgan fingerprint density at radius 3 is 1.97 bits per heavy atom. The third kappa shape index (κ3) is 5.87. The number of rotatable bonds is 8. The maximum absolute atomic E-state index is 14.1. The van der Waals surface area contributed by atoms with Crippen LogP contribution >= 0.6 is 0 Å². The molecule has 0 spiro atoms. The highest BCUT2D eigenvalue weighted by Gasteiger charge is 2.43. The zero-order valence-corrected chi connectivity index (χ0v) is 20.5. The third-order valence-corrected chi connectivity index (χ3v) is 8.84. The number of benzene rings is 2. The van der Waals surface area contributed by atoms with E-state index in [4.69, 9.17) is 4.74 Å². The molecule has 5 nitrogen and oxygen atoms in total. The SMILES string of the molecule is CC1CN(CC2CCOCC2)CC(C)N1C(C=O)[S+]([O-])C(c1ccccc1)c1ccccc1. The van der Waals surface area contributed by atoms with Gasteiger partial charge in [-0.3, -0.25) is 9.69 Å². The number of carbonyl (C=O) groups excluding carboxylic acids is 1. The highest BCUT2D eigenvalue weighted by Crippen LogP contribution is 2.35. The lowest BCUT2D eigenvalue weighted by molar-refractivity contribution is -0.112. The number of nitrogens with zero attached hydrogens (tertiary/aromatic N) is 2. The van der Waals surface area contributed by atoms with Crippen LogP contribution in [0, 0.1) is 5.92 Å². The van der Waals surface area contributed by atoms with Gasteiger partial charge >= 0.3 is 0 Å². The number of hydrogen-bond donors (Lipinski definition) is 0. The van der Waals surface area contributed by atoms with Crippen molar-refractivity contribution in [3.05, 3.63) is 71.8 Å². The van der Waals surface area contributed by atoms with Gasteiger partial charge in [-0.05, 0) is 43.8 Å². The first-order valence-corrected chi connectivity index (χ1v) is 13.4. The predicted octanol–water partition coefficient (Wildman–Crippen LogP) is 3.87. The number of aldehydes is 1. The van der Waals surface area contributed by atoms with Crippen LogP contribution < -0.4 is 0 Å². The van der Waals surface area contributed by atoms with E-state index in [0.717, 1.165) is 63.1 Å². The summed E-state index contributed by atoms with van der Waals surface area (Å²) in [5.74, 6) is 0.682. The van der Waals surface area contributed by atoms with Crippen LogP contribution in [0.25, 0.3) is 0 Å². The van der Waals surface area contributed by atoms with Crippen molar-refractivity contribution in [2.75, 3.05) is 32.8 Å². The van der Waals surface area contributed by atoms with E-state index in [2.05, 4.69) is 23.6 Å². The highest BCUT2D eigenvalue weighted by molar-refractivity contribution is 7.93. The molecule has 0 aliphatic carbocycles. The molecule has 6 heteroatoms. The van der Waals surface area contributed by atoms with Gasteiger partial charge in [0.1, 0.15) is 0 Å². The molecule has 0 N–H and O–H groups in total. The highest BCUT2D eigenvalue weighted by atomic mass is 32.2. The number of piperazine rings is 1. The van der Waals surface area contributed by atoms with Crippen LogP contribution in [-0.2, 0) is 20.7 Å². The predicted molar refractivity (Wildman–Crippen MR) is 133 cm³/mol. The molecule has 178 valence electrons. The monoisotopic (exact) mass is 468 g/mol. The molecule has 2 heterocycles. The molecular formula is C27H36N2O3S. The van der Waals surface area contributed by atoms with Crippen molar-refractivity contribution in [2.24, 2.45) is 5.92 Å². The first kappa shape index (κ1) is 24.4. The quantitative estimate of drug-likeness (QED) is 0.435. The lowest BCUT2D eigenvalue weighted by atomic mass is 9.98. The molecule has 33 heavy (non-hydrogen) atoms. The first-order chi connectivity index (χ1) is 16.1. The molecule has 0 saturated carbocycles. The summed E-state index contributed by atoms with van der Waals surface area (Å²) in [5.41, 5.74) is 1.96. The normalized spacial score (nSPS) is 25.1. The minimum Gasteiger partial charge on any atom is -0.614 e. The maximum Gasteiger partial charge on any atom is 0.227 e. The molecule has 0 amide bonds. The van der Waals surface area contributed by atoms with Gasteiger partial charge in [-0.1, -0.05) is 60.7 Å². The van der Waals surface area contributed by atoms with Crippen LogP contribution in [-0.4, -0.2) is 70.9 Å². The summed E-state index contributed by atoms with van der Waals surface area (Å²) in [5, 5.41) is -0.993. The molecule has 0 aromatic heterocycles. The van der Waals surface area contributed by atoms with Gasteiger partial charge in [0.15, 0.2) is 11.5 Å². The molecular weight excluding hydrogens is 432 g/mol. The summed E-state index contributed by atoms with van der Waals surface area (Å²) in [7, 11) is 0. The van der Waals surface area contributed by atoms with Crippen LogP contribution in [0.15, 0.2) is 60.7 Å². The van der Waals surface area contributed by atoms with Gasteiger partial charge in [-0.15, -0.1) is 0 Å². The van der Waals surface area contributed by atoms with Gasteiger partial charge < -0.3 is 9.29 Å². The zero-order valence-electron chi connectivity index (χ0n) is 19.7. The van der Waals surface area contributed by atoms with Crippen molar-refractivity contribution in [3.8, 4) is 0 Å². The van der Waals surface area contributed by atoms with Crippen molar-refractivity contribution in [2.45, 2.75) is 49.4 Å². The number of hydrogen-bond acceptors (Lipinski definition) is 5. The van der Waals surface area contributed by atoms with Gasteiger partial charge in [0.05, 0.1) is 0 Å². The van der Waals surface area contributed by atoms with Crippen LogP contribution in [0.4, 0.5) is 0 Å². The van der Waals surface area contributed by atoms with Crippen LogP contribution in [0.1, 0.15) is 43.1 Å². The van der Waals surface area contributed by atoms with E-state index in [1.807, 2.05) is 60.7 Å². The summed E-state index contributed by atoms with van der Waals surface area (Å²) < 4.78 is 19.6. The fourth-order valence-electron chi connectivity index (χ4n) is 5.49. The van der Waals surface area contributed by atoms with Gasteiger partial charge in [-0.25, -0.2) is 4.90 Å². The van der Waals surface area contributed by atoms with E-state index in [0.29, 0.717) is 5.92 Å². The Hall–Kier alpha value is -1.70. The van der Waals surface area contributed by atoms with Gasteiger partial charge in [-0.2, -0.15) is 0 Å². The van der Waals surface area contributed by atoms with Crippen molar-refractivity contribution in [1.82, 2.24) is 9.80 Å². The molecule has 0 bridgehead atoms. The number of ether oxygens (including phenoxy) is 1. The molecule has 2 saturated heterocycles.